The SMILES string of the molecule is C[C@H](NC[C@@H]1COC2(CCOCC2)O1)c1ccc(F)cc1. The van der Waals surface area contributed by atoms with Crippen molar-refractivity contribution in [2.24, 2.45) is 0 Å². The molecular weight excluding hydrogens is 273 g/mol. The third kappa shape index (κ3) is 3.61. The van der Waals surface area contributed by atoms with Gasteiger partial charge in [-0.3, -0.25) is 0 Å². The van der Waals surface area contributed by atoms with E-state index >= 15 is 0 Å². The summed E-state index contributed by atoms with van der Waals surface area (Å²) in [5.41, 5.74) is 1.07. The zero-order valence-electron chi connectivity index (χ0n) is 12.3. The maximum atomic E-state index is 12.9. The fourth-order valence-corrected chi connectivity index (χ4v) is 2.84. The maximum Gasteiger partial charge on any atom is 0.173 e. The van der Waals surface area contributed by atoms with Crippen molar-refractivity contribution in [3.8, 4) is 0 Å². The summed E-state index contributed by atoms with van der Waals surface area (Å²) in [7, 11) is 0. The lowest BCUT2D eigenvalue weighted by Crippen LogP contribution is -2.39. The van der Waals surface area contributed by atoms with Crippen molar-refractivity contribution in [1.29, 1.82) is 0 Å². The molecule has 2 fully saturated rings. The highest BCUT2D eigenvalue weighted by molar-refractivity contribution is 5.19. The zero-order chi connectivity index (χ0) is 14.7. The first kappa shape index (κ1) is 14.9. The van der Waals surface area contributed by atoms with Gasteiger partial charge in [-0.05, 0) is 24.6 Å². The van der Waals surface area contributed by atoms with Crippen LogP contribution in [-0.4, -0.2) is 38.3 Å². The predicted octanol–water partition coefficient (Wildman–Crippen LogP) is 2.40. The van der Waals surface area contributed by atoms with Crippen molar-refractivity contribution in [2.45, 2.75) is 37.7 Å². The monoisotopic (exact) mass is 295 g/mol. The second-order valence-electron chi connectivity index (χ2n) is 5.76. The molecule has 1 spiro atoms. The van der Waals surface area contributed by atoms with Gasteiger partial charge in [-0.2, -0.15) is 0 Å². The second kappa shape index (κ2) is 6.40. The summed E-state index contributed by atoms with van der Waals surface area (Å²) >= 11 is 0. The second-order valence-corrected chi connectivity index (χ2v) is 5.76. The van der Waals surface area contributed by atoms with E-state index in [0.717, 1.165) is 24.9 Å². The van der Waals surface area contributed by atoms with Gasteiger partial charge in [-0.1, -0.05) is 12.1 Å². The Labute approximate surface area is 124 Å². The van der Waals surface area contributed by atoms with E-state index < -0.39 is 5.79 Å². The van der Waals surface area contributed by atoms with Crippen LogP contribution >= 0.6 is 0 Å². The number of halogens is 1. The van der Waals surface area contributed by atoms with Crippen LogP contribution in [0.25, 0.3) is 0 Å². The van der Waals surface area contributed by atoms with Gasteiger partial charge < -0.3 is 19.5 Å². The predicted molar refractivity (Wildman–Crippen MR) is 76.4 cm³/mol. The van der Waals surface area contributed by atoms with Gasteiger partial charge in [0.05, 0.1) is 25.9 Å². The van der Waals surface area contributed by atoms with Crippen LogP contribution in [0.15, 0.2) is 24.3 Å². The summed E-state index contributed by atoms with van der Waals surface area (Å²) < 4.78 is 30.2. The highest BCUT2D eigenvalue weighted by Crippen LogP contribution is 2.33. The Morgan fingerprint density at radius 3 is 2.71 bits per heavy atom. The van der Waals surface area contributed by atoms with E-state index in [2.05, 4.69) is 12.2 Å². The fourth-order valence-electron chi connectivity index (χ4n) is 2.84. The molecule has 0 aromatic heterocycles. The topological polar surface area (TPSA) is 39.7 Å². The Morgan fingerprint density at radius 2 is 2.00 bits per heavy atom. The Bertz CT molecular complexity index is 459. The minimum absolute atomic E-state index is 0.0611. The molecule has 2 aliphatic rings. The summed E-state index contributed by atoms with van der Waals surface area (Å²) in [5.74, 6) is -0.635. The fraction of sp³-hybridized carbons (Fsp3) is 0.625. The van der Waals surface area contributed by atoms with Gasteiger partial charge in [0.1, 0.15) is 5.82 Å². The van der Waals surface area contributed by atoms with Crippen LogP contribution in [0.3, 0.4) is 0 Å². The van der Waals surface area contributed by atoms with E-state index in [1.165, 1.54) is 12.1 Å². The van der Waals surface area contributed by atoms with Crippen molar-refractivity contribution in [2.75, 3.05) is 26.4 Å². The zero-order valence-corrected chi connectivity index (χ0v) is 12.3. The average Bonchev–Trinajstić information content (AvgIpc) is 2.89. The Hall–Kier alpha value is -1.01. The van der Waals surface area contributed by atoms with Crippen LogP contribution < -0.4 is 5.32 Å². The highest BCUT2D eigenvalue weighted by atomic mass is 19.1. The first-order chi connectivity index (χ1) is 10.2. The first-order valence-corrected chi connectivity index (χ1v) is 7.55. The third-order valence-electron chi connectivity index (χ3n) is 4.19. The molecule has 5 heteroatoms. The normalized spacial score (nSPS) is 26.1. The molecule has 0 aliphatic carbocycles. The minimum atomic E-state index is -0.427. The molecule has 0 bridgehead atoms. The van der Waals surface area contributed by atoms with Gasteiger partial charge in [0, 0.05) is 25.4 Å². The number of benzene rings is 1. The average molecular weight is 295 g/mol. The molecule has 1 aromatic rings. The molecule has 0 unspecified atom stereocenters. The number of hydrogen-bond acceptors (Lipinski definition) is 4. The summed E-state index contributed by atoms with van der Waals surface area (Å²) in [4.78, 5) is 0. The molecule has 21 heavy (non-hydrogen) atoms. The molecule has 3 rings (SSSR count). The van der Waals surface area contributed by atoms with Crippen LogP contribution in [-0.2, 0) is 14.2 Å². The number of ether oxygens (including phenoxy) is 3. The first-order valence-electron chi connectivity index (χ1n) is 7.55. The van der Waals surface area contributed by atoms with Gasteiger partial charge >= 0.3 is 0 Å². The molecule has 116 valence electrons. The number of hydrogen-bond donors (Lipinski definition) is 1. The van der Waals surface area contributed by atoms with Crippen LogP contribution in [0.1, 0.15) is 31.4 Å². The molecule has 1 aromatic carbocycles. The van der Waals surface area contributed by atoms with Crippen molar-refractivity contribution in [3.05, 3.63) is 35.6 Å². The van der Waals surface area contributed by atoms with E-state index in [0.29, 0.717) is 19.8 Å². The third-order valence-corrected chi connectivity index (χ3v) is 4.19. The van der Waals surface area contributed by atoms with Gasteiger partial charge in [-0.15, -0.1) is 0 Å². The van der Waals surface area contributed by atoms with Gasteiger partial charge in [0.15, 0.2) is 5.79 Å². The molecule has 2 heterocycles. The van der Waals surface area contributed by atoms with Crippen LogP contribution in [0, 0.1) is 5.82 Å². The molecule has 2 aliphatic heterocycles. The van der Waals surface area contributed by atoms with Crippen molar-refractivity contribution in [3.63, 3.8) is 0 Å². The van der Waals surface area contributed by atoms with E-state index in [1.54, 1.807) is 12.1 Å². The largest absolute Gasteiger partial charge is 0.381 e. The number of nitrogens with one attached hydrogen (secondary N) is 1. The van der Waals surface area contributed by atoms with Gasteiger partial charge in [0.25, 0.3) is 0 Å². The summed E-state index contributed by atoms with van der Waals surface area (Å²) in [6.45, 7) is 4.80. The van der Waals surface area contributed by atoms with Crippen LogP contribution in [0.2, 0.25) is 0 Å². The van der Waals surface area contributed by atoms with Crippen molar-refractivity contribution >= 4 is 0 Å². The molecule has 1 N–H and O–H groups in total. The minimum Gasteiger partial charge on any atom is -0.381 e. The smallest absolute Gasteiger partial charge is 0.173 e. The molecular formula is C16H22FNO3. The molecule has 0 saturated carbocycles. The maximum absolute atomic E-state index is 12.9. The Kier molecular flexibility index (Phi) is 4.54. The summed E-state index contributed by atoms with van der Waals surface area (Å²) in [5, 5.41) is 3.42. The standard InChI is InChI=1S/C16H22FNO3/c1-12(13-2-4-14(17)5-3-13)18-10-15-11-20-16(21-15)6-8-19-9-7-16/h2-5,12,15,18H,6-11H2,1H3/t12-,15+/m0/s1. The van der Waals surface area contributed by atoms with Crippen LogP contribution in [0.5, 0.6) is 0 Å². The van der Waals surface area contributed by atoms with Gasteiger partial charge in [0.2, 0.25) is 0 Å². The Balaban J connectivity index is 1.48. The molecule has 0 amide bonds. The quantitative estimate of drug-likeness (QED) is 0.926. The van der Waals surface area contributed by atoms with Gasteiger partial charge in [-0.25, -0.2) is 4.39 Å². The van der Waals surface area contributed by atoms with E-state index in [1.807, 2.05) is 0 Å². The van der Waals surface area contributed by atoms with E-state index in [9.17, 15) is 4.39 Å². The lowest BCUT2D eigenvalue weighted by Gasteiger charge is -2.31. The molecule has 4 nitrogen and oxygen atoms in total. The lowest BCUT2D eigenvalue weighted by atomic mass is 10.1. The highest BCUT2D eigenvalue weighted by Gasteiger charge is 2.42. The van der Waals surface area contributed by atoms with Crippen molar-refractivity contribution < 1.29 is 18.6 Å². The molecule has 2 saturated heterocycles. The Morgan fingerprint density at radius 1 is 1.29 bits per heavy atom. The number of rotatable bonds is 4. The van der Waals surface area contributed by atoms with Crippen LogP contribution in [0.4, 0.5) is 4.39 Å². The summed E-state index contributed by atoms with van der Waals surface area (Å²) in [6, 6.07) is 6.73. The van der Waals surface area contributed by atoms with E-state index in [-0.39, 0.29) is 18.0 Å². The lowest BCUT2D eigenvalue weighted by molar-refractivity contribution is -0.210. The van der Waals surface area contributed by atoms with E-state index in [4.69, 9.17) is 14.2 Å². The molecule has 2 atom stereocenters. The molecule has 0 radical (unpaired) electrons. The van der Waals surface area contributed by atoms with Crippen molar-refractivity contribution in [1.82, 2.24) is 5.32 Å². The summed E-state index contributed by atoms with van der Waals surface area (Å²) in [6.07, 6.45) is 1.67.